The van der Waals surface area contributed by atoms with E-state index >= 15 is 0 Å². The molecule has 0 unspecified atom stereocenters. The van der Waals surface area contributed by atoms with Gasteiger partial charge in [-0.3, -0.25) is 4.79 Å². The maximum Gasteiger partial charge on any atom is 0.335 e. The summed E-state index contributed by atoms with van der Waals surface area (Å²) in [7, 11) is 4.62. The zero-order valence-corrected chi connectivity index (χ0v) is 19.3. The van der Waals surface area contributed by atoms with Crippen molar-refractivity contribution >= 4 is 11.9 Å². The van der Waals surface area contributed by atoms with Crippen LogP contribution in [0.3, 0.4) is 0 Å². The molecule has 3 rings (SSSR count). The van der Waals surface area contributed by atoms with Crippen molar-refractivity contribution in [3.05, 3.63) is 78.9 Å². The van der Waals surface area contributed by atoms with Gasteiger partial charge in [0.15, 0.2) is 23.0 Å². The number of benzene rings is 3. The van der Waals surface area contributed by atoms with Crippen LogP contribution < -0.4 is 23.7 Å². The largest absolute Gasteiger partial charge is 0.497 e. The van der Waals surface area contributed by atoms with Crippen molar-refractivity contribution in [1.82, 2.24) is 0 Å². The summed E-state index contributed by atoms with van der Waals surface area (Å²) in [5.41, 5.74) is 2.68. The lowest BCUT2D eigenvalue weighted by atomic mass is 10.0. The Hall–Kier alpha value is -4.26. The van der Waals surface area contributed by atoms with E-state index in [0.29, 0.717) is 23.7 Å². The molecule has 0 saturated carbocycles. The lowest BCUT2D eigenvalue weighted by molar-refractivity contribution is -0.134. The fraction of sp³-hybridized carbons (Fsp3) is 0.185. The molecular formula is C27H26O7. The predicted molar refractivity (Wildman–Crippen MR) is 128 cm³/mol. The Kier molecular flexibility index (Phi) is 8.29. The Balaban J connectivity index is 1.67. The summed E-state index contributed by atoms with van der Waals surface area (Å²) in [5, 5.41) is 0. The highest BCUT2D eigenvalue weighted by Crippen LogP contribution is 2.34. The van der Waals surface area contributed by atoms with Crippen molar-refractivity contribution in [3.63, 3.8) is 0 Å². The number of ether oxygens (including phenoxy) is 5. The van der Waals surface area contributed by atoms with Gasteiger partial charge in [0.1, 0.15) is 5.75 Å². The molecular weight excluding hydrogens is 436 g/mol. The lowest BCUT2D eigenvalue weighted by Crippen LogP contribution is -2.10. The third-order valence-corrected chi connectivity index (χ3v) is 5.03. The molecule has 0 saturated heterocycles. The Bertz CT molecular complexity index is 1170. The molecule has 0 N–H and O–H groups in total. The summed E-state index contributed by atoms with van der Waals surface area (Å²) in [4.78, 5) is 24.0. The van der Waals surface area contributed by atoms with Gasteiger partial charge in [0.05, 0.1) is 21.3 Å². The van der Waals surface area contributed by atoms with E-state index in [2.05, 4.69) is 6.58 Å². The van der Waals surface area contributed by atoms with Crippen LogP contribution in [-0.2, 0) is 16.0 Å². The maximum atomic E-state index is 12.5. The number of carbonyl (C=O) groups excluding carboxylic acids is 2. The van der Waals surface area contributed by atoms with Crippen LogP contribution in [0.15, 0.2) is 73.3 Å². The summed E-state index contributed by atoms with van der Waals surface area (Å²) >= 11 is 0. The van der Waals surface area contributed by atoms with Gasteiger partial charge in [0, 0.05) is 12.5 Å². The number of aryl methyl sites for hydroxylation is 1. The fourth-order valence-corrected chi connectivity index (χ4v) is 3.24. The van der Waals surface area contributed by atoms with E-state index < -0.39 is 11.9 Å². The molecule has 0 fully saturated rings. The minimum Gasteiger partial charge on any atom is -0.497 e. The van der Waals surface area contributed by atoms with Crippen LogP contribution in [0, 0.1) is 0 Å². The number of rotatable bonds is 10. The van der Waals surface area contributed by atoms with Gasteiger partial charge in [0.2, 0.25) is 0 Å². The zero-order valence-electron chi connectivity index (χ0n) is 19.3. The summed E-state index contributed by atoms with van der Waals surface area (Å²) in [6.07, 6.45) is 1.56. The van der Waals surface area contributed by atoms with Crippen LogP contribution in [0.4, 0.5) is 0 Å². The SMILES string of the molecule is C=CC(=O)Oc1cc(CCC(=O)Oc2ccc(-c3ccc(OC)cc3)cc2OC)ccc1OC. The maximum absolute atomic E-state index is 12.5. The number of esters is 2. The van der Waals surface area contributed by atoms with Crippen LogP contribution in [0.25, 0.3) is 11.1 Å². The molecule has 0 heterocycles. The van der Waals surface area contributed by atoms with Gasteiger partial charge in [-0.25, -0.2) is 4.79 Å². The molecule has 176 valence electrons. The first-order valence-corrected chi connectivity index (χ1v) is 10.5. The summed E-state index contributed by atoms with van der Waals surface area (Å²) in [5.74, 6) is 1.20. The number of hydrogen-bond acceptors (Lipinski definition) is 7. The standard InChI is InChI=1S/C27H26O7/c1-5-26(28)34-25-16-18(6-13-22(25)31-3)7-15-27(29)33-23-14-10-20(17-24(23)32-4)19-8-11-21(30-2)12-9-19/h5-6,8-14,16-17H,1,7,15H2,2-4H3. The average Bonchev–Trinajstić information content (AvgIpc) is 2.87. The van der Waals surface area contributed by atoms with Crippen LogP contribution in [0.1, 0.15) is 12.0 Å². The molecule has 0 aliphatic carbocycles. The van der Waals surface area contributed by atoms with Gasteiger partial charge in [-0.15, -0.1) is 0 Å². The predicted octanol–water partition coefficient (Wildman–Crippen LogP) is 5.01. The summed E-state index contributed by atoms with van der Waals surface area (Å²) < 4.78 is 26.6. The van der Waals surface area contributed by atoms with Crippen LogP contribution in [0.5, 0.6) is 28.7 Å². The molecule has 0 spiro atoms. The molecule has 3 aromatic rings. The molecule has 0 aliphatic heterocycles. The van der Waals surface area contributed by atoms with Gasteiger partial charge >= 0.3 is 11.9 Å². The van der Waals surface area contributed by atoms with Crippen molar-refractivity contribution in [2.75, 3.05) is 21.3 Å². The van der Waals surface area contributed by atoms with Gasteiger partial charge in [-0.1, -0.05) is 30.8 Å². The summed E-state index contributed by atoms with van der Waals surface area (Å²) in [6.45, 7) is 3.39. The van der Waals surface area contributed by atoms with Gasteiger partial charge in [0.25, 0.3) is 0 Å². The molecule has 34 heavy (non-hydrogen) atoms. The second kappa shape index (κ2) is 11.6. The van der Waals surface area contributed by atoms with Crippen LogP contribution in [-0.4, -0.2) is 33.3 Å². The molecule has 3 aromatic carbocycles. The first-order valence-electron chi connectivity index (χ1n) is 10.5. The molecule has 0 amide bonds. The summed E-state index contributed by atoms with van der Waals surface area (Å²) in [6, 6.07) is 18.1. The van der Waals surface area contributed by atoms with Crippen molar-refractivity contribution in [3.8, 4) is 39.9 Å². The van der Waals surface area contributed by atoms with E-state index in [0.717, 1.165) is 28.5 Å². The minimum absolute atomic E-state index is 0.116. The molecule has 0 aliphatic rings. The van der Waals surface area contributed by atoms with E-state index in [4.69, 9.17) is 23.7 Å². The second-order valence-corrected chi connectivity index (χ2v) is 7.18. The van der Waals surface area contributed by atoms with E-state index in [9.17, 15) is 9.59 Å². The first kappa shape index (κ1) is 24.4. The zero-order chi connectivity index (χ0) is 24.5. The molecule has 0 aromatic heterocycles. The fourth-order valence-electron chi connectivity index (χ4n) is 3.24. The highest BCUT2D eigenvalue weighted by Gasteiger charge is 2.14. The third-order valence-electron chi connectivity index (χ3n) is 5.03. The Morgan fingerprint density at radius 3 is 2.06 bits per heavy atom. The van der Waals surface area contributed by atoms with Gasteiger partial charge in [-0.05, 0) is 59.5 Å². The quantitative estimate of drug-likeness (QED) is 0.238. The van der Waals surface area contributed by atoms with E-state index in [1.165, 1.54) is 14.2 Å². The van der Waals surface area contributed by atoms with Gasteiger partial charge < -0.3 is 23.7 Å². The Morgan fingerprint density at radius 2 is 1.41 bits per heavy atom. The highest BCUT2D eigenvalue weighted by molar-refractivity contribution is 5.84. The molecule has 0 atom stereocenters. The third kappa shape index (κ3) is 6.16. The molecule has 0 bridgehead atoms. The van der Waals surface area contributed by atoms with E-state index in [-0.39, 0.29) is 12.2 Å². The van der Waals surface area contributed by atoms with Crippen molar-refractivity contribution in [2.45, 2.75) is 12.8 Å². The van der Waals surface area contributed by atoms with Crippen molar-refractivity contribution in [2.24, 2.45) is 0 Å². The van der Waals surface area contributed by atoms with Crippen LogP contribution in [0.2, 0.25) is 0 Å². The minimum atomic E-state index is -0.597. The van der Waals surface area contributed by atoms with E-state index in [1.54, 1.807) is 31.4 Å². The smallest absolute Gasteiger partial charge is 0.335 e. The number of carbonyl (C=O) groups is 2. The average molecular weight is 462 g/mol. The molecule has 0 radical (unpaired) electrons. The number of methoxy groups -OCH3 is 3. The Morgan fingerprint density at radius 1 is 0.735 bits per heavy atom. The van der Waals surface area contributed by atoms with Gasteiger partial charge in [-0.2, -0.15) is 0 Å². The monoisotopic (exact) mass is 462 g/mol. The topological polar surface area (TPSA) is 80.3 Å². The molecule has 7 heteroatoms. The first-order chi connectivity index (χ1) is 16.5. The Labute approximate surface area is 198 Å². The molecule has 7 nitrogen and oxygen atoms in total. The number of hydrogen-bond donors (Lipinski definition) is 0. The second-order valence-electron chi connectivity index (χ2n) is 7.18. The van der Waals surface area contributed by atoms with Crippen LogP contribution >= 0.6 is 0 Å². The lowest BCUT2D eigenvalue weighted by Gasteiger charge is -2.12. The van der Waals surface area contributed by atoms with E-state index in [1.807, 2.05) is 36.4 Å². The van der Waals surface area contributed by atoms with Crippen molar-refractivity contribution in [1.29, 1.82) is 0 Å². The van der Waals surface area contributed by atoms with Crippen molar-refractivity contribution < 1.29 is 33.3 Å². The normalized spacial score (nSPS) is 10.2. The highest BCUT2D eigenvalue weighted by atomic mass is 16.6.